The van der Waals surface area contributed by atoms with Crippen LogP contribution in [0.5, 0.6) is 0 Å². The van der Waals surface area contributed by atoms with E-state index in [0.717, 1.165) is 0 Å². The number of hydrogen-bond donors (Lipinski definition) is 0. The molecule has 0 aliphatic heterocycles. The zero-order valence-corrected chi connectivity index (χ0v) is 38.9. The average molecular weight is 863 g/mol. The predicted octanol–water partition coefficient (Wildman–Crippen LogP) is 9.42. The highest BCUT2D eigenvalue weighted by Crippen LogP contribution is 2.55. The molecule has 0 heterocycles. The monoisotopic (exact) mass is 862 g/mol. The van der Waals surface area contributed by atoms with Crippen molar-refractivity contribution in [2.24, 2.45) is 0 Å². The van der Waals surface area contributed by atoms with Crippen molar-refractivity contribution in [3.05, 3.63) is 300 Å². The van der Waals surface area contributed by atoms with Gasteiger partial charge in [0.2, 0.25) is 0 Å². The molecule has 0 N–H and O–H groups in total. The fourth-order valence-electron chi connectivity index (χ4n) is 11.3. The fraction of sp³-hybridized carbons (Fsp3) is 0.0476. The Bertz CT molecular complexity index is 2920. The minimum Gasteiger partial charge on any atom is -0.0623 e. The van der Waals surface area contributed by atoms with Gasteiger partial charge in [-0.15, -0.1) is 0 Å². The van der Waals surface area contributed by atoms with Crippen molar-refractivity contribution >= 4 is 57.6 Å². The molecule has 310 valence electrons. The molecule has 10 aromatic rings. The van der Waals surface area contributed by atoms with Crippen molar-refractivity contribution in [1.29, 1.82) is 0 Å². The molecule has 0 bridgehead atoms. The molecule has 11 rings (SSSR count). The second kappa shape index (κ2) is 16.6. The lowest BCUT2D eigenvalue weighted by Gasteiger charge is -2.38. The summed E-state index contributed by atoms with van der Waals surface area (Å²) in [4.78, 5) is 0. The van der Waals surface area contributed by atoms with E-state index in [9.17, 15) is 0 Å². The van der Waals surface area contributed by atoms with E-state index in [1.165, 1.54) is 86.0 Å². The van der Waals surface area contributed by atoms with Gasteiger partial charge in [0.25, 0.3) is 0 Å². The summed E-state index contributed by atoms with van der Waals surface area (Å²) in [6, 6.07) is 102. The maximum absolute atomic E-state index is 2.90. The third-order valence-electron chi connectivity index (χ3n) is 14.2. The number of hydrogen-bond acceptors (Lipinski definition) is 0. The minimum atomic E-state index is -2.90. The van der Waals surface area contributed by atoms with Gasteiger partial charge in [-0.1, -0.05) is 278 Å². The van der Waals surface area contributed by atoms with Crippen molar-refractivity contribution in [3.8, 4) is 11.1 Å². The van der Waals surface area contributed by atoms with Gasteiger partial charge in [0, 0.05) is 0 Å². The van der Waals surface area contributed by atoms with E-state index in [2.05, 4.69) is 281 Å². The molecular formula is C63H50Si2. The third-order valence-corrected chi connectivity index (χ3v) is 23.8. The average Bonchev–Trinajstić information content (AvgIpc) is 3.67. The molecule has 0 radical (unpaired) electrons. The molecule has 0 nitrogen and oxygen atoms in total. The molecule has 0 saturated carbocycles. The topological polar surface area (TPSA) is 0 Å². The van der Waals surface area contributed by atoms with Crippen molar-refractivity contribution in [2.75, 3.05) is 0 Å². The van der Waals surface area contributed by atoms with Crippen LogP contribution >= 0.6 is 0 Å². The first-order valence-electron chi connectivity index (χ1n) is 22.8. The van der Waals surface area contributed by atoms with E-state index >= 15 is 0 Å². The number of aryl methyl sites for hydroxylation is 2. The second-order valence-corrected chi connectivity index (χ2v) is 25.3. The highest BCUT2D eigenvalue weighted by molar-refractivity contribution is 7.20. The summed E-state index contributed by atoms with van der Waals surface area (Å²) in [7, 11) is -5.81. The molecule has 65 heavy (non-hydrogen) atoms. The van der Waals surface area contributed by atoms with Gasteiger partial charge in [-0.25, -0.2) is 0 Å². The number of rotatable bonds is 10. The molecule has 0 aromatic heterocycles. The summed E-state index contributed by atoms with van der Waals surface area (Å²) in [6.07, 6.45) is 0. The summed E-state index contributed by atoms with van der Waals surface area (Å²) in [5, 5.41) is 11.0. The second-order valence-electron chi connectivity index (χ2n) is 17.7. The molecule has 0 unspecified atom stereocenters. The summed E-state index contributed by atoms with van der Waals surface area (Å²) in [5.41, 5.74) is 9.68. The van der Waals surface area contributed by atoms with Crippen LogP contribution in [-0.4, -0.2) is 16.1 Å². The molecule has 1 aliphatic rings. The van der Waals surface area contributed by atoms with Gasteiger partial charge in [0.15, 0.2) is 16.1 Å². The Morgan fingerprint density at radius 2 is 0.492 bits per heavy atom. The first-order chi connectivity index (χ1) is 32.0. The molecule has 2 heteroatoms. The molecule has 1 aliphatic carbocycles. The normalized spacial score (nSPS) is 12.9. The van der Waals surface area contributed by atoms with Crippen LogP contribution in [0.4, 0.5) is 0 Å². The zero-order chi connectivity index (χ0) is 43.9. The summed E-state index contributed by atoms with van der Waals surface area (Å²) < 4.78 is 0. The van der Waals surface area contributed by atoms with Crippen LogP contribution in [0.15, 0.2) is 267 Å². The van der Waals surface area contributed by atoms with Gasteiger partial charge >= 0.3 is 0 Å². The quantitative estimate of drug-likeness (QED) is 0.0951. The van der Waals surface area contributed by atoms with Crippen LogP contribution in [0, 0.1) is 13.8 Å². The SMILES string of the molecule is Cc1ccc([Si](c2ccccc2)(c2ccccc2)c2ccc3c(c2)C(c2ccccc2)(c2ccccc2)c2cc([Si](c4ccccc4)(c4ccccc4)c4ccc(C)cc4)ccc2-3)cc1. The molecule has 0 amide bonds. The maximum Gasteiger partial charge on any atom is 0.179 e. The van der Waals surface area contributed by atoms with Gasteiger partial charge in [-0.3, -0.25) is 0 Å². The van der Waals surface area contributed by atoms with E-state index in [1.54, 1.807) is 0 Å². The first-order valence-corrected chi connectivity index (χ1v) is 26.8. The molecule has 0 fully saturated rings. The zero-order valence-electron chi connectivity index (χ0n) is 36.9. The molecule has 0 saturated heterocycles. The Morgan fingerprint density at radius 3 is 0.785 bits per heavy atom. The summed E-state index contributed by atoms with van der Waals surface area (Å²) in [6.45, 7) is 4.39. The maximum atomic E-state index is 2.64. The van der Waals surface area contributed by atoms with Gasteiger partial charge < -0.3 is 0 Å². The number of benzene rings is 10. The van der Waals surface area contributed by atoms with Crippen LogP contribution in [0.3, 0.4) is 0 Å². The van der Waals surface area contributed by atoms with E-state index in [0.29, 0.717) is 0 Å². The molecule has 10 aromatic carbocycles. The summed E-state index contributed by atoms with van der Waals surface area (Å²) in [5.74, 6) is 0. The summed E-state index contributed by atoms with van der Waals surface area (Å²) >= 11 is 0. The van der Waals surface area contributed by atoms with Gasteiger partial charge in [0.1, 0.15) is 0 Å². The van der Waals surface area contributed by atoms with Crippen LogP contribution < -0.4 is 41.5 Å². The Kier molecular flexibility index (Phi) is 10.3. The molecule has 0 spiro atoms. The van der Waals surface area contributed by atoms with E-state index in [4.69, 9.17) is 0 Å². The van der Waals surface area contributed by atoms with Gasteiger partial charge in [-0.2, -0.15) is 0 Å². The van der Waals surface area contributed by atoms with Crippen molar-refractivity contribution in [2.45, 2.75) is 19.3 Å². The highest BCUT2D eigenvalue weighted by atomic mass is 28.3. The lowest BCUT2D eigenvalue weighted by Crippen LogP contribution is -2.74. The smallest absolute Gasteiger partial charge is 0.0623 e. The van der Waals surface area contributed by atoms with Crippen molar-refractivity contribution < 1.29 is 0 Å². The van der Waals surface area contributed by atoms with Gasteiger partial charge in [-0.05, 0) is 88.7 Å². The van der Waals surface area contributed by atoms with Crippen molar-refractivity contribution in [1.82, 2.24) is 0 Å². The van der Waals surface area contributed by atoms with Crippen molar-refractivity contribution in [3.63, 3.8) is 0 Å². The first kappa shape index (κ1) is 40.4. The van der Waals surface area contributed by atoms with E-state index in [1.807, 2.05) is 0 Å². The number of fused-ring (bicyclic) bond motifs is 3. The van der Waals surface area contributed by atoms with E-state index in [-0.39, 0.29) is 0 Å². The Morgan fingerprint density at radius 1 is 0.246 bits per heavy atom. The Hall–Kier alpha value is -7.37. The Labute approximate surface area is 386 Å². The van der Waals surface area contributed by atoms with Crippen LogP contribution in [-0.2, 0) is 5.41 Å². The van der Waals surface area contributed by atoms with Crippen LogP contribution in [0.2, 0.25) is 0 Å². The Balaban J connectivity index is 1.27. The standard InChI is InChI=1S/C63H50Si2/c1-47-33-37-55(38-34-47)64(51-25-13-5-14-26-51,52-27-15-6-16-28-52)57-41-43-59-60-44-42-58(46-62(60)63(61(59)45-57,49-21-9-3-10-22-49)50-23-11-4-12-24-50)65(53-29-17-7-18-30-53,54-31-19-8-20-32-54)56-39-35-48(2)36-40-56/h3-46H,1-2H3. The van der Waals surface area contributed by atoms with Gasteiger partial charge in [0.05, 0.1) is 5.41 Å². The largest absolute Gasteiger partial charge is 0.179 e. The highest BCUT2D eigenvalue weighted by Gasteiger charge is 2.50. The molecular weight excluding hydrogens is 813 g/mol. The fourth-order valence-corrected chi connectivity index (χ4v) is 20.8. The predicted molar refractivity (Wildman–Crippen MR) is 280 cm³/mol. The minimum absolute atomic E-state index is 0.624. The lowest BCUT2D eigenvalue weighted by atomic mass is 9.68. The third kappa shape index (κ3) is 6.39. The van der Waals surface area contributed by atoms with E-state index < -0.39 is 21.6 Å². The lowest BCUT2D eigenvalue weighted by molar-refractivity contribution is 0.770. The van der Waals surface area contributed by atoms with Crippen LogP contribution in [0.25, 0.3) is 11.1 Å². The van der Waals surface area contributed by atoms with Crippen LogP contribution in [0.1, 0.15) is 33.4 Å². The molecule has 0 atom stereocenters.